The molecule has 4 aromatic heterocycles. The summed E-state index contributed by atoms with van der Waals surface area (Å²) >= 11 is 1.86. The molecule has 0 fully saturated rings. The van der Waals surface area contributed by atoms with E-state index in [9.17, 15) is 0 Å². The number of hydrogen-bond donors (Lipinski definition) is 0. The van der Waals surface area contributed by atoms with E-state index < -0.39 is 5.41 Å². The lowest BCUT2D eigenvalue weighted by Crippen LogP contribution is -2.26. The number of pyridine rings is 2. The molecule has 0 amide bonds. The van der Waals surface area contributed by atoms with E-state index in [2.05, 4.69) is 221 Å². The molecule has 2 aliphatic carbocycles. The van der Waals surface area contributed by atoms with Crippen LogP contribution >= 0.6 is 11.3 Å². The molecule has 14 rings (SSSR count). The van der Waals surface area contributed by atoms with Crippen LogP contribution in [0.2, 0.25) is 0 Å². The van der Waals surface area contributed by atoms with Crippen LogP contribution in [0, 0.1) is 0 Å². The molecule has 0 saturated heterocycles. The first-order valence-corrected chi connectivity index (χ1v) is 26.1. The number of furan rings is 1. The number of anilines is 6. The highest BCUT2D eigenvalue weighted by Crippen LogP contribution is 2.68. The zero-order valence-electron chi connectivity index (χ0n) is 41.7. The summed E-state index contributed by atoms with van der Waals surface area (Å²) in [5.41, 5.74) is 19.5. The summed E-state index contributed by atoms with van der Waals surface area (Å²) in [4.78, 5) is 14.4. The highest BCUT2D eigenvalue weighted by molar-refractivity contribution is 7.26. The average Bonchev–Trinajstić information content (AvgIpc) is 4.15. The molecule has 5 nitrogen and oxygen atoms in total. The number of fused-ring (bicyclic) bond motifs is 18. The first-order valence-electron chi connectivity index (χ1n) is 25.3. The number of benzene rings is 8. The molecular formula is C67H52N4OS. The second kappa shape index (κ2) is 15.8. The fourth-order valence-electron chi connectivity index (χ4n) is 12.2. The van der Waals surface area contributed by atoms with Crippen molar-refractivity contribution in [1.29, 1.82) is 0 Å². The van der Waals surface area contributed by atoms with E-state index in [1.165, 1.54) is 70.2 Å². The van der Waals surface area contributed by atoms with Gasteiger partial charge in [-0.3, -0.25) is 9.97 Å². The Balaban J connectivity index is 1.18. The van der Waals surface area contributed by atoms with Gasteiger partial charge in [0.25, 0.3) is 0 Å². The molecule has 0 radical (unpaired) electrons. The van der Waals surface area contributed by atoms with Gasteiger partial charge < -0.3 is 14.2 Å². The lowest BCUT2D eigenvalue weighted by Gasteiger charge is -2.33. The van der Waals surface area contributed by atoms with Crippen molar-refractivity contribution < 1.29 is 4.42 Å². The van der Waals surface area contributed by atoms with Gasteiger partial charge in [0.05, 0.1) is 50.6 Å². The van der Waals surface area contributed by atoms with Crippen LogP contribution in [-0.2, 0) is 16.2 Å². The maximum absolute atomic E-state index is 7.49. The molecule has 73 heavy (non-hydrogen) atoms. The Labute approximate surface area is 429 Å². The smallest absolute Gasteiger partial charge is 0.145 e. The minimum absolute atomic E-state index is 0.00525. The minimum atomic E-state index is -0.765. The molecule has 4 heterocycles. The molecule has 0 saturated carbocycles. The van der Waals surface area contributed by atoms with E-state index in [0.717, 1.165) is 61.6 Å². The van der Waals surface area contributed by atoms with Gasteiger partial charge in [-0.05, 0) is 134 Å². The van der Waals surface area contributed by atoms with Crippen LogP contribution in [-0.4, -0.2) is 9.97 Å². The Morgan fingerprint density at radius 1 is 0.452 bits per heavy atom. The highest BCUT2D eigenvalue weighted by Gasteiger charge is 2.54. The summed E-state index contributed by atoms with van der Waals surface area (Å²) in [5, 5.41) is 4.58. The summed E-state index contributed by atoms with van der Waals surface area (Å²) < 4.78 is 9.93. The van der Waals surface area contributed by atoms with E-state index in [0.29, 0.717) is 0 Å². The third kappa shape index (κ3) is 6.33. The summed E-state index contributed by atoms with van der Waals surface area (Å²) in [6.45, 7) is 13.6. The lowest BCUT2D eigenvalue weighted by atomic mass is 9.70. The Hall–Kier alpha value is -8.32. The fourth-order valence-corrected chi connectivity index (χ4v) is 13.4. The highest BCUT2D eigenvalue weighted by atomic mass is 32.1. The largest absolute Gasteiger partial charge is 0.455 e. The molecule has 2 aliphatic rings. The second-order valence-electron chi connectivity index (χ2n) is 21.8. The van der Waals surface area contributed by atoms with Crippen molar-refractivity contribution in [3.05, 3.63) is 240 Å². The predicted molar refractivity (Wildman–Crippen MR) is 305 cm³/mol. The Morgan fingerprint density at radius 3 is 1.53 bits per heavy atom. The molecule has 0 atom stereocenters. The topological polar surface area (TPSA) is 45.4 Å². The van der Waals surface area contributed by atoms with Crippen LogP contribution < -0.4 is 9.80 Å². The van der Waals surface area contributed by atoms with E-state index in [1.807, 2.05) is 48.3 Å². The SMILES string of the molecule is CC(C)(C)c1ccc(N(c2cccnc2)c2cc3c(c4c2sc2ccccc24)-c2c(cc(N(c4ccc(C(C)(C)C)cc4)c4cccnc4)c4c2oc2ccccc24)C32c3ccccc3-c3ccccc32)cc1. The standard InChI is InChI=1S/C67H52N4OS/c1-65(2,3)41-27-31-43(32-28-41)70(45-17-15-35-68-39-45)55-37-54-62(63-59(55)49-21-9-13-25-57(49)72-63)61-53(67(54)51-23-11-7-19-47(51)48-20-8-12-24-52(48)67)38-56(64-60(61)50-22-10-14-26-58(50)73-64)71(46-18-16-36-69-40-46)44-33-29-42(30-34-44)66(4,5)6/h7-40H,1-6H3. The van der Waals surface area contributed by atoms with Gasteiger partial charge in [-0.1, -0.05) is 151 Å². The quantitative estimate of drug-likeness (QED) is 0.166. The normalized spacial score (nSPS) is 13.5. The van der Waals surface area contributed by atoms with Gasteiger partial charge in [0, 0.05) is 50.2 Å². The molecule has 0 unspecified atom stereocenters. The van der Waals surface area contributed by atoms with E-state index in [-0.39, 0.29) is 10.8 Å². The minimum Gasteiger partial charge on any atom is -0.455 e. The number of thiophene rings is 1. The van der Waals surface area contributed by atoms with Crippen molar-refractivity contribution in [1.82, 2.24) is 9.97 Å². The molecule has 1 spiro atoms. The summed E-state index contributed by atoms with van der Waals surface area (Å²) in [5.74, 6) is 0. The Kier molecular flexibility index (Phi) is 9.43. The van der Waals surface area contributed by atoms with Crippen LogP contribution in [0.4, 0.5) is 34.1 Å². The number of para-hydroxylation sites is 1. The first-order chi connectivity index (χ1) is 35.5. The van der Waals surface area contributed by atoms with Gasteiger partial charge in [0.15, 0.2) is 0 Å². The van der Waals surface area contributed by atoms with Crippen molar-refractivity contribution in [3.8, 4) is 22.3 Å². The summed E-state index contributed by atoms with van der Waals surface area (Å²) in [6, 6.07) is 67.5. The summed E-state index contributed by atoms with van der Waals surface area (Å²) in [7, 11) is 0. The average molecular weight is 961 g/mol. The van der Waals surface area contributed by atoms with Gasteiger partial charge in [-0.2, -0.15) is 0 Å². The first kappa shape index (κ1) is 43.5. The van der Waals surface area contributed by atoms with Crippen LogP contribution in [0.1, 0.15) is 74.9 Å². The molecule has 0 N–H and O–H groups in total. The fraction of sp³-hybridized carbons (Fsp3) is 0.134. The van der Waals surface area contributed by atoms with Gasteiger partial charge >= 0.3 is 0 Å². The molecule has 12 aromatic rings. The third-order valence-corrected chi connectivity index (χ3v) is 16.7. The van der Waals surface area contributed by atoms with Gasteiger partial charge in [-0.25, -0.2) is 0 Å². The van der Waals surface area contributed by atoms with Crippen LogP contribution in [0.25, 0.3) is 64.4 Å². The van der Waals surface area contributed by atoms with Crippen LogP contribution in [0.5, 0.6) is 0 Å². The zero-order chi connectivity index (χ0) is 49.4. The van der Waals surface area contributed by atoms with Crippen molar-refractivity contribution in [2.24, 2.45) is 0 Å². The number of hydrogen-bond acceptors (Lipinski definition) is 6. The van der Waals surface area contributed by atoms with Gasteiger partial charge in [0.1, 0.15) is 11.2 Å². The van der Waals surface area contributed by atoms with Crippen LogP contribution in [0.3, 0.4) is 0 Å². The molecule has 352 valence electrons. The van der Waals surface area contributed by atoms with E-state index in [4.69, 9.17) is 14.4 Å². The predicted octanol–water partition coefficient (Wildman–Crippen LogP) is 18.6. The molecule has 0 bridgehead atoms. The van der Waals surface area contributed by atoms with Crippen molar-refractivity contribution >= 4 is 87.6 Å². The maximum Gasteiger partial charge on any atom is 0.145 e. The monoisotopic (exact) mass is 960 g/mol. The number of nitrogens with zero attached hydrogens (tertiary/aromatic N) is 4. The van der Waals surface area contributed by atoms with Gasteiger partial charge in [0.2, 0.25) is 0 Å². The number of rotatable bonds is 6. The Bertz CT molecular complexity index is 4110. The lowest BCUT2D eigenvalue weighted by molar-refractivity contribution is 0.590. The molecular weight excluding hydrogens is 909 g/mol. The number of aromatic nitrogens is 2. The second-order valence-corrected chi connectivity index (χ2v) is 22.8. The molecule has 6 heteroatoms. The maximum atomic E-state index is 7.49. The molecule has 0 aliphatic heterocycles. The van der Waals surface area contributed by atoms with E-state index >= 15 is 0 Å². The zero-order valence-corrected chi connectivity index (χ0v) is 42.6. The van der Waals surface area contributed by atoms with Gasteiger partial charge in [-0.15, -0.1) is 11.3 Å². The Morgan fingerprint density at radius 2 is 0.959 bits per heavy atom. The summed E-state index contributed by atoms with van der Waals surface area (Å²) in [6.07, 6.45) is 7.71. The van der Waals surface area contributed by atoms with Crippen LogP contribution in [0.15, 0.2) is 211 Å². The van der Waals surface area contributed by atoms with Crippen molar-refractivity contribution in [2.45, 2.75) is 57.8 Å². The third-order valence-electron chi connectivity index (χ3n) is 15.5. The molecule has 8 aromatic carbocycles. The van der Waals surface area contributed by atoms with Crippen molar-refractivity contribution in [3.63, 3.8) is 0 Å². The van der Waals surface area contributed by atoms with E-state index in [1.54, 1.807) is 0 Å². The van der Waals surface area contributed by atoms with Crippen molar-refractivity contribution in [2.75, 3.05) is 9.80 Å².